The van der Waals surface area contributed by atoms with E-state index in [1.54, 1.807) is 4.90 Å². The van der Waals surface area contributed by atoms with Gasteiger partial charge in [-0.1, -0.05) is 37.1 Å². The van der Waals surface area contributed by atoms with E-state index in [-0.39, 0.29) is 49.8 Å². The largest absolute Gasteiger partial charge is 0.480 e. The fourth-order valence-electron chi connectivity index (χ4n) is 6.48. The second kappa shape index (κ2) is 13.3. The van der Waals surface area contributed by atoms with Crippen molar-refractivity contribution in [2.75, 3.05) is 13.2 Å². The number of aliphatic carboxylic acids is 1. The van der Waals surface area contributed by atoms with Crippen LogP contribution < -0.4 is 22.5 Å². The third-order valence-electron chi connectivity index (χ3n) is 8.54. The van der Waals surface area contributed by atoms with Crippen molar-refractivity contribution in [3.05, 3.63) is 35.4 Å². The van der Waals surface area contributed by atoms with Crippen LogP contribution in [0.3, 0.4) is 0 Å². The Hall–Kier alpha value is -3.71. The number of carbonyl (C=O) groups is 4. The lowest BCUT2D eigenvalue weighted by molar-refractivity contribution is -0.153. The van der Waals surface area contributed by atoms with E-state index in [2.05, 4.69) is 10.3 Å². The zero-order valence-electron chi connectivity index (χ0n) is 23.2. The summed E-state index contributed by atoms with van der Waals surface area (Å²) in [4.78, 5) is 60.1. The smallest absolute Gasteiger partial charge is 0.326 e. The van der Waals surface area contributed by atoms with Gasteiger partial charge in [0.2, 0.25) is 17.7 Å². The molecule has 1 saturated heterocycles. The van der Waals surface area contributed by atoms with Crippen molar-refractivity contribution in [2.45, 2.75) is 88.1 Å². The molecule has 224 valence electrons. The predicted octanol–water partition coefficient (Wildman–Crippen LogP) is -0.958. The lowest BCUT2D eigenvalue weighted by atomic mass is 9.84. The Bertz CT molecular complexity index is 1170. The number of aliphatic imine (C=N–C) groups is 1. The first-order valence-corrected chi connectivity index (χ1v) is 14.3. The van der Waals surface area contributed by atoms with Crippen molar-refractivity contribution < 1.29 is 29.4 Å². The number of carboxylic acids is 1. The zero-order chi connectivity index (χ0) is 29.7. The maximum atomic E-state index is 14.4. The number of hydrogen-bond donors (Lipinski definition) is 6. The van der Waals surface area contributed by atoms with Crippen molar-refractivity contribution in [1.29, 1.82) is 0 Å². The Balaban J connectivity index is 1.60. The van der Waals surface area contributed by atoms with Crippen molar-refractivity contribution in [3.8, 4) is 0 Å². The maximum absolute atomic E-state index is 14.4. The summed E-state index contributed by atoms with van der Waals surface area (Å²) < 4.78 is 0. The van der Waals surface area contributed by atoms with Gasteiger partial charge < -0.3 is 42.5 Å². The van der Waals surface area contributed by atoms with Crippen LogP contribution in [0.4, 0.5) is 0 Å². The number of fused-ring (bicyclic) bond motifs is 2. The molecule has 0 aromatic heterocycles. The third kappa shape index (κ3) is 6.79. The lowest BCUT2D eigenvalue weighted by Crippen LogP contribution is -2.61. The van der Waals surface area contributed by atoms with Gasteiger partial charge >= 0.3 is 5.97 Å². The average Bonchev–Trinajstić information content (AvgIpc) is 3.36. The predicted molar refractivity (Wildman–Crippen MR) is 150 cm³/mol. The summed E-state index contributed by atoms with van der Waals surface area (Å²) in [6, 6.07) is 3.25. The molecule has 0 radical (unpaired) electrons. The number of guanidine groups is 1. The summed E-state index contributed by atoms with van der Waals surface area (Å²) in [5.74, 6) is -2.59. The second-order valence-corrected chi connectivity index (χ2v) is 11.2. The highest BCUT2D eigenvalue weighted by atomic mass is 16.4. The molecular formula is C28H41N7O6. The topological polar surface area (TPSA) is 218 Å². The highest BCUT2D eigenvalue weighted by Gasteiger charge is 2.51. The number of rotatable bonds is 10. The van der Waals surface area contributed by atoms with Gasteiger partial charge in [-0.05, 0) is 49.1 Å². The molecule has 1 aromatic carbocycles. The molecule has 2 heterocycles. The number of hydrogen-bond acceptors (Lipinski definition) is 7. The summed E-state index contributed by atoms with van der Waals surface area (Å²) >= 11 is 0. The monoisotopic (exact) mass is 571 g/mol. The summed E-state index contributed by atoms with van der Waals surface area (Å²) in [7, 11) is 0. The number of benzene rings is 1. The Kier molecular flexibility index (Phi) is 9.81. The molecular weight excluding hydrogens is 530 g/mol. The van der Waals surface area contributed by atoms with Crippen LogP contribution in [0.5, 0.6) is 0 Å². The lowest BCUT2D eigenvalue weighted by Gasteiger charge is -2.42. The molecule has 0 bridgehead atoms. The van der Waals surface area contributed by atoms with Gasteiger partial charge in [-0.3, -0.25) is 19.4 Å². The van der Waals surface area contributed by atoms with Gasteiger partial charge in [0.25, 0.3) is 0 Å². The third-order valence-corrected chi connectivity index (χ3v) is 8.54. The minimum Gasteiger partial charge on any atom is -0.480 e. The molecule has 13 nitrogen and oxygen atoms in total. The van der Waals surface area contributed by atoms with Crippen LogP contribution >= 0.6 is 0 Å². The van der Waals surface area contributed by atoms with Crippen LogP contribution in [-0.2, 0) is 32.1 Å². The Morgan fingerprint density at radius 3 is 2.46 bits per heavy atom. The molecule has 1 saturated carbocycles. The van der Waals surface area contributed by atoms with E-state index in [0.29, 0.717) is 12.8 Å². The second-order valence-electron chi connectivity index (χ2n) is 11.2. The van der Waals surface area contributed by atoms with Crippen LogP contribution in [0.15, 0.2) is 29.3 Å². The quantitative estimate of drug-likeness (QED) is 0.116. The van der Waals surface area contributed by atoms with Gasteiger partial charge in [0.1, 0.15) is 24.2 Å². The summed E-state index contributed by atoms with van der Waals surface area (Å²) in [6.45, 7) is -0.172. The highest BCUT2D eigenvalue weighted by molar-refractivity contribution is 5.95. The highest BCUT2D eigenvalue weighted by Crippen LogP contribution is 2.41. The van der Waals surface area contributed by atoms with Gasteiger partial charge in [0, 0.05) is 25.6 Å². The minimum atomic E-state index is -1.19. The van der Waals surface area contributed by atoms with E-state index in [9.17, 15) is 29.4 Å². The van der Waals surface area contributed by atoms with Gasteiger partial charge in [0.15, 0.2) is 5.96 Å². The molecule has 1 unspecified atom stereocenters. The number of aliphatic hydroxyl groups is 1. The van der Waals surface area contributed by atoms with E-state index >= 15 is 0 Å². The number of nitrogens with zero attached hydrogens (tertiary/aromatic N) is 3. The van der Waals surface area contributed by atoms with Crippen molar-refractivity contribution in [1.82, 2.24) is 15.1 Å². The molecule has 2 fully saturated rings. The normalized spacial score (nSPS) is 24.9. The number of likely N-dealkylation sites (tertiary alicyclic amines) is 1. The van der Waals surface area contributed by atoms with E-state index in [1.807, 2.05) is 24.3 Å². The minimum absolute atomic E-state index is 0.0959. The number of nitrogens with two attached hydrogens (primary N) is 3. The molecule has 1 aromatic rings. The van der Waals surface area contributed by atoms with Gasteiger partial charge in [-0.2, -0.15) is 0 Å². The number of carboxylic acid groups (broad SMARTS) is 1. The number of nitrogens with one attached hydrogen (secondary N) is 1. The molecule has 1 aliphatic carbocycles. The Morgan fingerprint density at radius 1 is 1.07 bits per heavy atom. The van der Waals surface area contributed by atoms with Gasteiger partial charge in [0.05, 0.1) is 6.61 Å². The molecule has 2 aliphatic heterocycles. The van der Waals surface area contributed by atoms with Crippen LogP contribution in [-0.4, -0.2) is 93.0 Å². The van der Waals surface area contributed by atoms with Crippen LogP contribution in [0.25, 0.3) is 0 Å². The maximum Gasteiger partial charge on any atom is 0.326 e. The first-order chi connectivity index (χ1) is 19.6. The standard InChI is InChI=1S/C28H41N7O6/c29-19(15-36)25(38)34-14-18-8-2-1-6-16(18)12-23(34)26(39)35-21-10-4-3-7-17(21)13-22(35)24(37)33-20(27(40)41)9-5-11-32-28(30)31/h1-2,6,8,17,19-23,36H,3-5,7,9-15,29H2,(H,33,37)(H,40,41)(H4,30,31,32)/t17-,19-,20-,21-,22-,23?/m0/s1. The van der Waals surface area contributed by atoms with Gasteiger partial charge in [-0.25, -0.2) is 4.79 Å². The van der Waals surface area contributed by atoms with Crippen molar-refractivity contribution in [3.63, 3.8) is 0 Å². The average molecular weight is 572 g/mol. The van der Waals surface area contributed by atoms with E-state index in [1.165, 1.54) is 4.90 Å². The SMILES string of the molecule is NC(N)=NCCC[C@H](NC(=O)[C@@H]1C[C@@H]2CCCC[C@@H]2N1C(=O)C1Cc2ccccc2CN1C(=O)[C@@H](N)CO)C(=O)O. The van der Waals surface area contributed by atoms with Crippen molar-refractivity contribution in [2.24, 2.45) is 28.1 Å². The summed E-state index contributed by atoms with van der Waals surface area (Å²) in [5.41, 5.74) is 18.4. The van der Waals surface area contributed by atoms with Gasteiger partial charge in [-0.15, -0.1) is 0 Å². The molecule has 41 heavy (non-hydrogen) atoms. The molecule has 13 heteroatoms. The molecule has 3 amide bonds. The van der Waals surface area contributed by atoms with Crippen LogP contribution in [0, 0.1) is 5.92 Å². The Labute approximate surface area is 239 Å². The molecule has 4 rings (SSSR count). The van der Waals surface area contributed by atoms with Crippen molar-refractivity contribution >= 4 is 29.7 Å². The summed E-state index contributed by atoms with van der Waals surface area (Å²) in [6.07, 6.45) is 4.64. The fraction of sp³-hybridized carbons (Fsp3) is 0.607. The Morgan fingerprint density at radius 2 is 1.78 bits per heavy atom. The molecule has 6 atom stereocenters. The van der Waals surface area contributed by atoms with E-state index in [4.69, 9.17) is 17.2 Å². The number of amides is 3. The van der Waals surface area contributed by atoms with E-state index in [0.717, 1.165) is 36.8 Å². The van der Waals surface area contributed by atoms with Crippen LogP contribution in [0.2, 0.25) is 0 Å². The number of aliphatic hydroxyl groups excluding tert-OH is 1. The molecule has 0 spiro atoms. The van der Waals surface area contributed by atoms with Crippen LogP contribution in [0.1, 0.15) is 56.1 Å². The fourth-order valence-corrected chi connectivity index (χ4v) is 6.48. The molecule has 9 N–H and O–H groups in total. The first-order valence-electron chi connectivity index (χ1n) is 14.3. The van der Waals surface area contributed by atoms with E-state index < -0.39 is 48.6 Å². The first kappa shape index (κ1) is 30.3. The summed E-state index contributed by atoms with van der Waals surface area (Å²) in [5, 5.41) is 22.0. The number of carbonyl (C=O) groups excluding carboxylic acids is 3. The molecule has 3 aliphatic rings. The zero-order valence-corrected chi connectivity index (χ0v) is 23.2.